The molecule has 3 nitrogen and oxygen atoms in total. The van der Waals surface area contributed by atoms with Crippen LogP contribution < -0.4 is 10.1 Å². The zero-order valence-electron chi connectivity index (χ0n) is 13.0. The van der Waals surface area contributed by atoms with Crippen molar-refractivity contribution in [1.29, 1.82) is 0 Å². The standard InChI is InChI=1S/C19H21NO2/c1-14(16-10-6-7-11-17(16)22-2)20-18(21)19(12-13-19)15-8-4-3-5-9-15/h3-11,14H,12-13H2,1-2H3,(H,20,21)/t14-/m0/s1. The highest BCUT2D eigenvalue weighted by atomic mass is 16.5. The van der Waals surface area contributed by atoms with Gasteiger partial charge in [-0.1, -0.05) is 48.5 Å². The minimum Gasteiger partial charge on any atom is -0.496 e. The smallest absolute Gasteiger partial charge is 0.231 e. The van der Waals surface area contributed by atoms with Crippen molar-refractivity contribution in [2.45, 2.75) is 31.2 Å². The number of para-hydroxylation sites is 1. The Labute approximate surface area is 131 Å². The summed E-state index contributed by atoms with van der Waals surface area (Å²) in [6, 6.07) is 17.8. The molecule has 0 saturated heterocycles. The molecule has 1 N–H and O–H groups in total. The predicted octanol–water partition coefficient (Wildman–Crippen LogP) is 3.60. The van der Waals surface area contributed by atoms with E-state index in [0.717, 1.165) is 29.7 Å². The lowest BCUT2D eigenvalue weighted by atomic mass is 9.94. The fourth-order valence-electron chi connectivity index (χ4n) is 2.97. The van der Waals surface area contributed by atoms with Crippen LogP contribution in [0.2, 0.25) is 0 Å². The summed E-state index contributed by atoms with van der Waals surface area (Å²) in [6.07, 6.45) is 1.84. The Bertz CT molecular complexity index is 662. The Hall–Kier alpha value is -2.29. The van der Waals surface area contributed by atoms with Gasteiger partial charge in [0.2, 0.25) is 5.91 Å². The van der Waals surface area contributed by atoms with Crippen LogP contribution in [0, 0.1) is 0 Å². The molecule has 22 heavy (non-hydrogen) atoms. The second-order valence-corrected chi connectivity index (χ2v) is 5.89. The topological polar surface area (TPSA) is 38.3 Å². The largest absolute Gasteiger partial charge is 0.496 e. The van der Waals surface area contributed by atoms with Gasteiger partial charge in [0.05, 0.1) is 18.6 Å². The second-order valence-electron chi connectivity index (χ2n) is 5.89. The van der Waals surface area contributed by atoms with E-state index in [2.05, 4.69) is 5.32 Å². The number of nitrogens with one attached hydrogen (secondary N) is 1. The SMILES string of the molecule is COc1ccccc1[C@H](C)NC(=O)C1(c2ccccc2)CC1. The number of carbonyl (C=O) groups excluding carboxylic acids is 1. The number of methoxy groups -OCH3 is 1. The van der Waals surface area contributed by atoms with Crippen molar-refractivity contribution in [3.63, 3.8) is 0 Å². The highest BCUT2D eigenvalue weighted by Gasteiger charge is 2.51. The second kappa shape index (κ2) is 5.84. The summed E-state index contributed by atoms with van der Waals surface area (Å²) in [6.45, 7) is 2.00. The molecule has 1 atom stereocenters. The Morgan fingerprint density at radius 3 is 2.36 bits per heavy atom. The summed E-state index contributed by atoms with van der Waals surface area (Å²) >= 11 is 0. The molecular formula is C19H21NO2. The highest BCUT2D eigenvalue weighted by molar-refractivity contribution is 5.91. The summed E-state index contributed by atoms with van der Waals surface area (Å²) in [4.78, 5) is 12.8. The fraction of sp³-hybridized carbons (Fsp3) is 0.316. The predicted molar refractivity (Wildman–Crippen MR) is 86.9 cm³/mol. The molecule has 1 fully saturated rings. The molecule has 114 valence electrons. The minimum atomic E-state index is -0.336. The van der Waals surface area contributed by atoms with Gasteiger partial charge in [-0.05, 0) is 31.4 Å². The van der Waals surface area contributed by atoms with Gasteiger partial charge in [0.15, 0.2) is 0 Å². The number of ether oxygens (including phenoxy) is 1. The number of carbonyl (C=O) groups is 1. The molecule has 0 aromatic heterocycles. The summed E-state index contributed by atoms with van der Waals surface area (Å²) in [5, 5.41) is 3.15. The van der Waals surface area contributed by atoms with Crippen LogP contribution in [0.25, 0.3) is 0 Å². The molecule has 1 saturated carbocycles. The van der Waals surface area contributed by atoms with Crippen molar-refractivity contribution in [3.05, 3.63) is 65.7 Å². The van der Waals surface area contributed by atoms with Gasteiger partial charge in [0, 0.05) is 5.56 Å². The van der Waals surface area contributed by atoms with E-state index in [9.17, 15) is 4.79 Å². The normalized spacial score (nSPS) is 16.6. The van der Waals surface area contributed by atoms with E-state index in [-0.39, 0.29) is 17.4 Å². The molecule has 3 rings (SSSR count). The summed E-state index contributed by atoms with van der Waals surface area (Å²) in [5.74, 6) is 0.914. The molecule has 2 aromatic carbocycles. The van der Waals surface area contributed by atoms with Gasteiger partial charge < -0.3 is 10.1 Å². The summed E-state index contributed by atoms with van der Waals surface area (Å²) < 4.78 is 5.38. The Morgan fingerprint density at radius 2 is 1.73 bits per heavy atom. The van der Waals surface area contributed by atoms with E-state index in [1.807, 2.05) is 61.5 Å². The quantitative estimate of drug-likeness (QED) is 0.915. The maximum Gasteiger partial charge on any atom is 0.231 e. The number of benzene rings is 2. The number of hydrogen-bond acceptors (Lipinski definition) is 2. The van der Waals surface area contributed by atoms with Gasteiger partial charge in [-0.2, -0.15) is 0 Å². The highest BCUT2D eigenvalue weighted by Crippen LogP contribution is 2.48. The molecule has 1 aliphatic carbocycles. The van der Waals surface area contributed by atoms with Crippen LogP contribution in [0.3, 0.4) is 0 Å². The maximum atomic E-state index is 12.8. The fourth-order valence-corrected chi connectivity index (χ4v) is 2.97. The first-order valence-electron chi connectivity index (χ1n) is 7.67. The lowest BCUT2D eigenvalue weighted by Crippen LogP contribution is -2.36. The van der Waals surface area contributed by atoms with Crippen LogP contribution in [0.4, 0.5) is 0 Å². The molecule has 3 heteroatoms. The Morgan fingerprint density at radius 1 is 1.09 bits per heavy atom. The van der Waals surface area contributed by atoms with E-state index >= 15 is 0 Å². The number of hydrogen-bond donors (Lipinski definition) is 1. The monoisotopic (exact) mass is 295 g/mol. The van der Waals surface area contributed by atoms with Gasteiger partial charge >= 0.3 is 0 Å². The third-order valence-corrected chi connectivity index (χ3v) is 4.46. The average Bonchev–Trinajstić information content (AvgIpc) is 3.37. The molecule has 2 aromatic rings. The van der Waals surface area contributed by atoms with Gasteiger partial charge in [-0.3, -0.25) is 4.79 Å². The average molecular weight is 295 g/mol. The van der Waals surface area contributed by atoms with Gasteiger partial charge in [0.25, 0.3) is 0 Å². The Balaban J connectivity index is 1.77. The molecule has 0 spiro atoms. The summed E-state index contributed by atoms with van der Waals surface area (Å²) in [5.41, 5.74) is 1.78. The van der Waals surface area contributed by atoms with Crippen molar-refractivity contribution in [2.75, 3.05) is 7.11 Å². The van der Waals surface area contributed by atoms with E-state index in [1.54, 1.807) is 7.11 Å². The van der Waals surface area contributed by atoms with Crippen molar-refractivity contribution in [1.82, 2.24) is 5.32 Å². The van der Waals surface area contributed by atoms with Gasteiger partial charge in [-0.15, -0.1) is 0 Å². The number of rotatable bonds is 5. The molecular weight excluding hydrogens is 274 g/mol. The Kier molecular flexibility index (Phi) is 3.88. The molecule has 1 amide bonds. The van der Waals surface area contributed by atoms with E-state index in [0.29, 0.717) is 0 Å². The van der Waals surface area contributed by atoms with Gasteiger partial charge in [-0.25, -0.2) is 0 Å². The van der Waals surface area contributed by atoms with Crippen LogP contribution in [-0.2, 0) is 10.2 Å². The van der Waals surface area contributed by atoms with Crippen LogP contribution in [0.1, 0.15) is 36.9 Å². The van der Waals surface area contributed by atoms with Crippen LogP contribution in [-0.4, -0.2) is 13.0 Å². The third-order valence-electron chi connectivity index (χ3n) is 4.46. The number of amides is 1. The van der Waals surface area contributed by atoms with Crippen LogP contribution >= 0.6 is 0 Å². The van der Waals surface area contributed by atoms with Crippen LogP contribution in [0.15, 0.2) is 54.6 Å². The van der Waals surface area contributed by atoms with Crippen molar-refractivity contribution in [2.24, 2.45) is 0 Å². The van der Waals surface area contributed by atoms with Gasteiger partial charge in [0.1, 0.15) is 5.75 Å². The third kappa shape index (κ3) is 2.59. The first kappa shape index (κ1) is 14.6. The molecule has 0 bridgehead atoms. The lowest BCUT2D eigenvalue weighted by molar-refractivity contribution is -0.124. The van der Waals surface area contributed by atoms with E-state index in [4.69, 9.17) is 4.74 Å². The van der Waals surface area contributed by atoms with E-state index in [1.165, 1.54) is 0 Å². The molecule has 0 aliphatic heterocycles. The van der Waals surface area contributed by atoms with Crippen molar-refractivity contribution < 1.29 is 9.53 Å². The van der Waals surface area contributed by atoms with Crippen molar-refractivity contribution >= 4 is 5.91 Å². The molecule has 0 heterocycles. The molecule has 0 radical (unpaired) electrons. The maximum absolute atomic E-state index is 12.8. The zero-order chi connectivity index (χ0) is 15.6. The molecule has 1 aliphatic rings. The van der Waals surface area contributed by atoms with Crippen molar-refractivity contribution in [3.8, 4) is 5.75 Å². The molecule has 0 unspecified atom stereocenters. The first-order valence-corrected chi connectivity index (χ1v) is 7.67. The van der Waals surface area contributed by atoms with E-state index < -0.39 is 0 Å². The first-order chi connectivity index (χ1) is 10.7. The van der Waals surface area contributed by atoms with Crippen LogP contribution in [0.5, 0.6) is 5.75 Å². The minimum absolute atomic E-state index is 0.0789. The zero-order valence-corrected chi connectivity index (χ0v) is 13.0. The lowest BCUT2D eigenvalue weighted by Gasteiger charge is -2.21. The summed E-state index contributed by atoms with van der Waals surface area (Å²) in [7, 11) is 1.65.